The highest BCUT2D eigenvalue weighted by Crippen LogP contribution is 2.33. The number of aromatic nitrogens is 1. The van der Waals surface area contributed by atoms with Gasteiger partial charge >= 0.3 is 6.18 Å². The van der Waals surface area contributed by atoms with E-state index >= 15 is 0 Å². The van der Waals surface area contributed by atoms with Crippen molar-refractivity contribution in [3.63, 3.8) is 0 Å². The number of pyridine rings is 1. The molecule has 0 aliphatic rings. The summed E-state index contributed by atoms with van der Waals surface area (Å²) < 4.78 is 49.3. The molecular formula is C8H7F4NO. The van der Waals surface area contributed by atoms with E-state index in [1.807, 2.05) is 0 Å². The van der Waals surface area contributed by atoms with E-state index in [1.54, 1.807) is 0 Å². The summed E-state index contributed by atoms with van der Waals surface area (Å²) in [7, 11) is 0. The molecule has 0 aliphatic carbocycles. The molecule has 78 valence electrons. The van der Waals surface area contributed by atoms with Gasteiger partial charge in [0.1, 0.15) is 5.82 Å². The summed E-state index contributed by atoms with van der Waals surface area (Å²) in [6.07, 6.45) is -5.45. The minimum atomic E-state index is -4.71. The van der Waals surface area contributed by atoms with Gasteiger partial charge in [0.2, 0.25) is 0 Å². The minimum absolute atomic E-state index is 0.315. The van der Waals surface area contributed by atoms with E-state index < -0.39 is 29.4 Å². The van der Waals surface area contributed by atoms with Gasteiger partial charge in [-0.25, -0.2) is 4.39 Å². The van der Waals surface area contributed by atoms with E-state index in [4.69, 9.17) is 5.11 Å². The van der Waals surface area contributed by atoms with E-state index in [0.717, 1.165) is 6.92 Å². The van der Waals surface area contributed by atoms with E-state index in [-0.39, 0.29) is 0 Å². The van der Waals surface area contributed by atoms with Gasteiger partial charge in [0.25, 0.3) is 0 Å². The van der Waals surface area contributed by atoms with Crippen LogP contribution in [-0.2, 0) is 6.18 Å². The van der Waals surface area contributed by atoms with Gasteiger partial charge in [-0.05, 0) is 13.0 Å². The smallest absolute Gasteiger partial charge is 0.387 e. The third-order valence-electron chi connectivity index (χ3n) is 1.59. The van der Waals surface area contributed by atoms with E-state index in [1.165, 1.54) is 0 Å². The standard InChI is InChI=1S/C8H7F4NO/c1-4(14)7-6(8(10,11)12)2-5(9)3-13-7/h2-4,14H,1H3. The predicted molar refractivity (Wildman–Crippen MR) is 39.8 cm³/mol. The SMILES string of the molecule is CC(O)c1ncc(F)cc1C(F)(F)F. The maximum atomic E-state index is 12.5. The first-order chi connectivity index (χ1) is 6.32. The van der Waals surface area contributed by atoms with Gasteiger partial charge in [-0.15, -0.1) is 0 Å². The molecule has 1 aromatic heterocycles. The highest BCUT2D eigenvalue weighted by molar-refractivity contribution is 5.25. The molecule has 1 rings (SSSR count). The molecule has 2 nitrogen and oxygen atoms in total. The number of hydrogen-bond acceptors (Lipinski definition) is 2. The Morgan fingerprint density at radius 1 is 1.43 bits per heavy atom. The van der Waals surface area contributed by atoms with Crippen molar-refractivity contribution in [3.8, 4) is 0 Å². The average Bonchev–Trinajstić information content (AvgIpc) is 2.01. The predicted octanol–water partition coefficient (Wildman–Crippen LogP) is 2.29. The number of aliphatic hydroxyl groups excluding tert-OH is 1. The maximum Gasteiger partial charge on any atom is 0.418 e. The Kier molecular flexibility index (Phi) is 2.75. The van der Waals surface area contributed by atoms with Crippen LogP contribution >= 0.6 is 0 Å². The first kappa shape index (κ1) is 10.9. The van der Waals surface area contributed by atoms with Gasteiger partial charge in [-0.2, -0.15) is 13.2 Å². The number of halogens is 4. The first-order valence-corrected chi connectivity index (χ1v) is 3.73. The van der Waals surface area contributed by atoms with Gasteiger partial charge in [0.05, 0.1) is 23.6 Å². The highest BCUT2D eigenvalue weighted by atomic mass is 19.4. The molecule has 6 heteroatoms. The molecule has 1 N–H and O–H groups in total. The zero-order chi connectivity index (χ0) is 10.9. The third-order valence-corrected chi connectivity index (χ3v) is 1.59. The van der Waals surface area contributed by atoms with E-state index in [0.29, 0.717) is 12.3 Å². The molecule has 0 aliphatic heterocycles. The van der Waals surface area contributed by atoms with Crippen LogP contribution in [0.25, 0.3) is 0 Å². The highest BCUT2D eigenvalue weighted by Gasteiger charge is 2.35. The number of nitrogens with zero attached hydrogens (tertiary/aromatic N) is 1. The largest absolute Gasteiger partial charge is 0.418 e. The van der Waals surface area contributed by atoms with Crippen molar-refractivity contribution < 1.29 is 22.7 Å². The Morgan fingerprint density at radius 3 is 2.43 bits per heavy atom. The molecule has 0 saturated heterocycles. The zero-order valence-corrected chi connectivity index (χ0v) is 7.14. The van der Waals surface area contributed by atoms with Crippen LogP contribution in [0.4, 0.5) is 17.6 Å². The summed E-state index contributed by atoms with van der Waals surface area (Å²) in [4.78, 5) is 3.20. The molecule has 1 aromatic rings. The molecule has 14 heavy (non-hydrogen) atoms. The lowest BCUT2D eigenvalue weighted by Crippen LogP contribution is -2.13. The van der Waals surface area contributed by atoms with Crippen molar-refractivity contribution in [2.45, 2.75) is 19.2 Å². The second-order valence-corrected chi connectivity index (χ2v) is 2.76. The van der Waals surface area contributed by atoms with Crippen molar-refractivity contribution in [2.75, 3.05) is 0 Å². The second kappa shape index (κ2) is 3.53. The summed E-state index contributed by atoms with van der Waals surface area (Å²) in [5, 5.41) is 8.97. The van der Waals surface area contributed by atoms with Gasteiger partial charge in [0, 0.05) is 0 Å². The Balaban J connectivity index is 3.30. The minimum Gasteiger partial charge on any atom is -0.387 e. The number of rotatable bonds is 1. The lowest BCUT2D eigenvalue weighted by Gasteiger charge is -2.13. The van der Waals surface area contributed by atoms with Gasteiger partial charge in [-0.3, -0.25) is 4.98 Å². The summed E-state index contributed by atoms with van der Waals surface area (Å²) >= 11 is 0. The van der Waals surface area contributed by atoms with Gasteiger partial charge in [-0.1, -0.05) is 0 Å². The summed E-state index contributed by atoms with van der Waals surface area (Å²) in [5.74, 6) is -1.08. The molecule has 0 bridgehead atoms. The molecule has 0 radical (unpaired) electrons. The van der Waals surface area contributed by atoms with Gasteiger partial charge in [0.15, 0.2) is 0 Å². The molecule has 1 heterocycles. The average molecular weight is 209 g/mol. The lowest BCUT2D eigenvalue weighted by molar-refractivity contribution is -0.139. The Bertz CT molecular complexity index is 335. The van der Waals surface area contributed by atoms with Crippen LogP contribution in [0.5, 0.6) is 0 Å². The first-order valence-electron chi connectivity index (χ1n) is 3.73. The monoisotopic (exact) mass is 209 g/mol. The summed E-state index contributed by atoms with van der Waals surface area (Å²) in [5.41, 5.74) is -1.81. The fraction of sp³-hybridized carbons (Fsp3) is 0.375. The molecule has 0 spiro atoms. The van der Waals surface area contributed by atoms with Crippen molar-refractivity contribution in [3.05, 3.63) is 29.3 Å². The quantitative estimate of drug-likeness (QED) is 0.720. The van der Waals surface area contributed by atoms with Crippen molar-refractivity contribution in [2.24, 2.45) is 0 Å². The fourth-order valence-electron chi connectivity index (χ4n) is 1.01. The maximum absolute atomic E-state index is 12.5. The van der Waals surface area contributed by atoms with Crippen LogP contribution in [0, 0.1) is 5.82 Å². The molecule has 0 fully saturated rings. The molecule has 0 amide bonds. The van der Waals surface area contributed by atoms with Crippen molar-refractivity contribution in [1.29, 1.82) is 0 Å². The normalized spacial score (nSPS) is 14.1. The topological polar surface area (TPSA) is 33.1 Å². The molecule has 0 aromatic carbocycles. The number of hydrogen-bond donors (Lipinski definition) is 1. The number of alkyl halides is 3. The number of aliphatic hydroxyl groups is 1. The van der Waals surface area contributed by atoms with Crippen LogP contribution in [0.3, 0.4) is 0 Å². The molecule has 0 saturated carbocycles. The van der Waals surface area contributed by atoms with Crippen LogP contribution < -0.4 is 0 Å². The van der Waals surface area contributed by atoms with Crippen LogP contribution in [0.1, 0.15) is 24.3 Å². The van der Waals surface area contributed by atoms with Crippen molar-refractivity contribution >= 4 is 0 Å². The Hall–Kier alpha value is -1.17. The molecular weight excluding hydrogens is 202 g/mol. The Morgan fingerprint density at radius 2 is 2.00 bits per heavy atom. The molecule has 1 atom stereocenters. The fourth-order valence-corrected chi connectivity index (χ4v) is 1.01. The summed E-state index contributed by atoms with van der Waals surface area (Å²) in [6.45, 7) is 1.13. The second-order valence-electron chi connectivity index (χ2n) is 2.76. The van der Waals surface area contributed by atoms with Crippen LogP contribution in [0.15, 0.2) is 12.3 Å². The lowest BCUT2D eigenvalue weighted by atomic mass is 10.1. The van der Waals surface area contributed by atoms with Crippen molar-refractivity contribution in [1.82, 2.24) is 4.98 Å². The Labute approximate surface area is 77.2 Å². The third kappa shape index (κ3) is 2.20. The van der Waals surface area contributed by atoms with Gasteiger partial charge < -0.3 is 5.11 Å². The van der Waals surface area contributed by atoms with Crippen LogP contribution in [0.2, 0.25) is 0 Å². The van der Waals surface area contributed by atoms with Crippen LogP contribution in [-0.4, -0.2) is 10.1 Å². The van der Waals surface area contributed by atoms with E-state index in [2.05, 4.69) is 4.98 Å². The zero-order valence-electron chi connectivity index (χ0n) is 7.14. The molecule has 1 unspecified atom stereocenters. The van der Waals surface area contributed by atoms with E-state index in [9.17, 15) is 17.6 Å². The summed E-state index contributed by atoms with van der Waals surface area (Å²) in [6, 6.07) is 0.315.